The van der Waals surface area contributed by atoms with Crippen LogP contribution < -0.4 is 4.72 Å². The second-order valence-corrected chi connectivity index (χ2v) is 7.15. The van der Waals surface area contributed by atoms with E-state index in [-0.39, 0.29) is 0 Å². The molecule has 2 aromatic rings. The van der Waals surface area contributed by atoms with Gasteiger partial charge in [0, 0.05) is 18.8 Å². The second kappa shape index (κ2) is 7.12. The molecule has 0 atom stereocenters. The molecule has 0 unspecified atom stereocenters. The molecule has 3 rings (SSSR count). The minimum atomic E-state index is -3.50. The Balaban J connectivity index is 1.65. The van der Waals surface area contributed by atoms with Crippen LogP contribution in [0.25, 0.3) is 0 Å². The van der Waals surface area contributed by atoms with Crippen molar-refractivity contribution < 1.29 is 13.2 Å². The molecule has 0 bridgehead atoms. The van der Waals surface area contributed by atoms with Gasteiger partial charge in [0.2, 0.25) is 0 Å². The smallest absolute Gasteiger partial charge is 0.301 e. The van der Waals surface area contributed by atoms with Gasteiger partial charge in [0.15, 0.2) is 0 Å². The first kappa shape index (κ1) is 16.0. The molecule has 1 saturated heterocycles. The largest absolute Gasteiger partial charge is 0.379 e. The molecule has 0 spiro atoms. The SMILES string of the molecule is O=S(=O)(Nc1ccc(Cc2ccccc2)cc1)N1CCOCC1. The molecule has 0 saturated carbocycles. The van der Waals surface area contributed by atoms with Gasteiger partial charge in [0.25, 0.3) is 0 Å². The molecule has 1 aliphatic rings. The number of hydrogen-bond acceptors (Lipinski definition) is 3. The van der Waals surface area contributed by atoms with Gasteiger partial charge in [-0.1, -0.05) is 42.5 Å². The van der Waals surface area contributed by atoms with Crippen LogP contribution in [0.5, 0.6) is 0 Å². The molecule has 0 radical (unpaired) electrons. The standard InChI is InChI=1S/C17H20N2O3S/c20-23(21,19-10-12-22-13-11-19)18-17-8-6-16(7-9-17)14-15-4-2-1-3-5-15/h1-9,18H,10-14H2. The maximum atomic E-state index is 12.3. The monoisotopic (exact) mass is 332 g/mol. The fourth-order valence-corrected chi connectivity index (χ4v) is 3.72. The van der Waals surface area contributed by atoms with Crippen LogP contribution in [0.1, 0.15) is 11.1 Å². The summed E-state index contributed by atoms with van der Waals surface area (Å²) in [4.78, 5) is 0. The number of rotatable bonds is 5. The Morgan fingerprint density at radius 2 is 1.52 bits per heavy atom. The lowest BCUT2D eigenvalue weighted by atomic mass is 10.1. The molecular weight excluding hydrogens is 312 g/mol. The summed E-state index contributed by atoms with van der Waals surface area (Å²) in [5, 5.41) is 0. The molecule has 0 amide bonds. The predicted molar refractivity (Wildman–Crippen MR) is 90.6 cm³/mol. The Morgan fingerprint density at radius 1 is 0.913 bits per heavy atom. The minimum Gasteiger partial charge on any atom is -0.379 e. The quantitative estimate of drug-likeness (QED) is 0.914. The van der Waals surface area contributed by atoms with E-state index in [2.05, 4.69) is 16.9 Å². The Hall–Kier alpha value is -1.89. The van der Waals surface area contributed by atoms with E-state index in [1.54, 1.807) is 12.1 Å². The number of benzene rings is 2. The molecule has 0 aromatic heterocycles. The molecule has 6 heteroatoms. The van der Waals surface area contributed by atoms with E-state index in [1.807, 2.05) is 30.3 Å². The lowest BCUT2D eigenvalue weighted by molar-refractivity contribution is 0.0733. The zero-order chi connectivity index (χ0) is 16.1. The second-order valence-electron chi connectivity index (χ2n) is 5.48. The molecule has 1 aliphatic heterocycles. The van der Waals surface area contributed by atoms with Crippen molar-refractivity contribution in [2.75, 3.05) is 31.0 Å². The molecule has 1 heterocycles. The molecule has 23 heavy (non-hydrogen) atoms. The van der Waals surface area contributed by atoms with Crippen molar-refractivity contribution in [1.82, 2.24) is 4.31 Å². The van der Waals surface area contributed by atoms with Gasteiger partial charge >= 0.3 is 10.2 Å². The third-order valence-electron chi connectivity index (χ3n) is 3.76. The van der Waals surface area contributed by atoms with E-state index < -0.39 is 10.2 Å². The number of anilines is 1. The Labute approximate surface area is 137 Å². The average molecular weight is 332 g/mol. The normalized spacial score (nSPS) is 16.2. The van der Waals surface area contributed by atoms with Crippen LogP contribution in [0.4, 0.5) is 5.69 Å². The molecule has 1 fully saturated rings. The van der Waals surface area contributed by atoms with Crippen molar-refractivity contribution in [1.29, 1.82) is 0 Å². The van der Waals surface area contributed by atoms with E-state index in [4.69, 9.17) is 4.74 Å². The van der Waals surface area contributed by atoms with Crippen LogP contribution >= 0.6 is 0 Å². The molecule has 0 aliphatic carbocycles. The highest BCUT2D eigenvalue weighted by Crippen LogP contribution is 2.16. The molecular formula is C17H20N2O3S. The first-order valence-electron chi connectivity index (χ1n) is 7.62. The average Bonchev–Trinajstić information content (AvgIpc) is 2.58. The Kier molecular flexibility index (Phi) is 4.95. The third-order valence-corrected chi connectivity index (χ3v) is 5.30. The van der Waals surface area contributed by atoms with E-state index >= 15 is 0 Å². The third kappa shape index (κ3) is 4.31. The zero-order valence-corrected chi connectivity index (χ0v) is 13.6. The fraction of sp³-hybridized carbons (Fsp3) is 0.294. The summed E-state index contributed by atoms with van der Waals surface area (Å²) < 4.78 is 33.8. The van der Waals surface area contributed by atoms with E-state index in [9.17, 15) is 8.42 Å². The summed E-state index contributed by atoms with van der Waals surface area (Å²) in [5.74, 6) is 0. The number of ether oxygens (including phenoxy) is 1. The summed E-state index contributed by atoms with van der Waals surface area (Å²) in [6.45, 7) is 1.66. The number of nitrogens with zero attached hydrogens (tertiary/aromatic N) is 1. The highest BCUT2D eigenvalue weighted by atomic mass is 32.2. The summed E-state index contributed by atoms with van der Waals surface area (Å²) in [7, 11) is -3.50. The minimum absolute atomic E-state index is 0.390. The predicted octanol–water partition coefficient (Wildman–Crippen LogP) is 2.27. The van der Waals surface area contributed by atoms with Gasteiger partial charge in [0.05, 0.1) is 13.2 Å². The molecule has 5 nitrogen and oxygen atoms in total. The zero-order valence-electron chi connectivity index (χ0n) is 12.8. The first-order chi connectivity index (χ1) is 11.1. The van der Waals surface area contributed by atoms with Crippen molar-refractivity contribution in [2.45, 2.75) is 6.42 Å². The molecule has 2 aromatic carbocycles. The van der Waals surface area contributed by atoms with E-state index in [0.717, 1.165) is 12.0 Å². The van der Waals surface area contributed by atoms with E-state index in [0.29, 0.717) is 32.0 Å². The summed E-state index contributed by atoms with van der Waals surface area (Å²) in [5.41, 5.74) is 2.95. The van der Waals surface area contributed by atoms with Gasteiger partial charge in [-0.15, -0.1) is 0 Å². The topological polar surface area (TPSA) is 58.6 Å². The Bertz CT molecular complexity index is 724. The van der Waals surface area contributed by atoms with Crippen molar-refractivity contribution >= 4 is 15.9 Å². The van der Waals surface area contributed by atoms with Gasteiger partial charge in [-0.2, -0.15) is 12.7 Å². The van der Waals surface area contributed by atoms with Gasteiger partial charge in [0.1, 0.15) is 0 Å². The molecule has 122 valence electrons. The van der Waals surface area contributed by atoms with Crippen molar-refractivity contribution in [3.05, 3.63) is 65.7 Å². The highest BCUT2D eigenvalue weighted by Gasteiger charge is 2.23. The van der Waals surface area contributed by atoms with Gasteiger partial charge < -0.3 is 4.74 Å². The van der Waals surface area contributed by atoms with Crippen molar-refractivity contribution in [3.8, 4) is 0 Å². The van der Waals surface area contributed by atoms with Crippen LogP contribution in [0.15, 0.2) is 54.6 Å². The summed E-state index contributed by atoms with van der Waals surface area (Å²) in [6, 6.07) is 17.7. The van der Waals surface area contributed by atoms with E-state index in [1.165, 1.54) is 9.87 Å². The maximum Gasteiger partial charge on any atom is 0.301 e. The lowest BCUT2D eigenvalue weighted by Crippen LogP contribution is -2.43. The van der Waals surface area contributed by atoms with Crippen LogP contribution in [0.3, 0.4) is 0 Å². The number of nitrogens with one attached hydrogen (secondary N) is 1. The van der Waals surface area contributed by atoms with Crippen molar-refractivity contribution in [3.63, 3.8) is 0 Å². The molecule has 1 N–H and O–H groups in total. The maximum absolute atomic E-state index is 12.3. The van der Waals surface area contributed by atoms with Gasteiger partial charge in [-0.3, -0.25) is 4.72 Å². The van der Waals surface area contributed by atoms with Crippen LogP contribution in [0.2, 0.25) is 0 Å². The highest BCUT2D eigenvalue weighted by molar-refractivity contribution is 7.90. The van der Waals surface area contributed by atoms with Crippen LogP contribution in [-0.4, -0.2) is 39.0 Å². The van der Waals surface area contributed by atoms with Crippen LogP contribution in [0, 0.1) is 0 Å². The fourth-order valence-electron chi connectivity index (χ4n) is 2.52. The van der Waals surface area contributed by atoms with Gasteiger partial charge in [-0.25, -0.2) is 0 Å². The first-order valence-corrected chi connectivity index (χ1v) is 9.06. The Morgan fingerprint density at radius 3 is 2.17 bits per heavy atom. The number of hydrogen-bond donors (Lipinski definition) is 1. The van der Waals surface area contributed by atoms with Crippen molar-refractivity contribution in [2.24, 2.45) is 0 Å². The lowest BCUT2D eigenvalue weighted by Gasteiger charge is -2.26. The summed E-state index contributed by atoms with van der Waals surface area (Å²) >= 11 is 0. The van der Waals surface area contributed by atoms with Crippen LogP contribution in [-0.2, 0) is 21.4 Å². The summed E-state index contributed by atoms with van der Waals surface area (Å²) in [6.07, 6.45) is 0.831. The van der Waals surface area contributed by atoms with Gasteiger partial charge in [-0.05, 0) is 29.7 Å². The number of morpholine rings is 1.